The third-order valence-electron chi connectivity index (χ3n) is 6.77. The van der Waals surface area contributed by atoms with Gasteiger partial charge in [-0.25, -0.2) is 0 Å². The average molecular weight is 411 g/mol. The van der Waals surface area contributed by atoms with Crippen molar-refractivity contribution < 1.29 is 0 Å². The van der Waals surface area contributed by atoms with E-state index < -0.39 is 13.3 Å². The van der Waals surface area contributed by atoms with Crippen LogP contribution in [-0.2, 0) is 0 Å². The van der Waals surface area contributed by atoms with Gasteiger partial charge in [0.05, 0.1) is 0 Å². The van der Waals surface area contributed by atoms with Gasteiger partial charge in [-0.1, -0.05) is 0 Å². The van der Waals surface area contributed by atoms with Crippen LogP contribution in [0.25, 0.3) is 32.7 Å². The SMILES string of the molecule is C[CH](C)[Ge]1([CH](C)C)[c]2cc3ccccc3cc2-c2cc3ccccc3c[c]21. The van der Waals surface area contributed by atoms with Crippen LogP contribution in [0.1, 0.15) is 27.7 Å². The standard InChI is InChI=1S/C26H26Ge/c1-17(2)27(18(3)4)25-15-21-11-7-5-9-19(21)13-23(25)24-14-20-10-6-8-12-22(20)16-26(24)27/h5-18H,1-4H3. The van der Waals surface area contributed by atoms with Gasteiger partial charge in [0.15, 0.2) is 0 Å². The van der Waals surface area contributed by atoms with Crippen molar-refractivity contribution in [3.8, 4) is 11.1 Å². The predicted molar refractivity (Wildman–Crippen MR) is 122 cm³/mol. The Kier molecular flexibility index (Phi) is 3.77. The minimum absolute atomic E-state index is 0.715. The molecule has 0 unspecified atom stereocenters. The van der Waals surface area contributed by atoms with Gasteiger partial charge in [-0.3, -0.25) is 0 Å². The van der Waals surface area contributed by atoms with E-state index in [1.165, 1.54) is 32.7 Å². The molecule has 0 aliphatic carbocycles. The van der Waals surface area contributed by atoms with Crippen molar-refractivity contribution in [2.45, 2.75) is 37.2 Å². The summed E-state index contributed by atoms with van der Waals surface area (Å²) in [5.74, 6) is 0. The molecule has 1 heteroatoms. The summed E-state index contributed by atoms with van der Waals surface area (Å²) in [6.07, 6.45) is 0. The Morgan fingerprint density at radius 2 is 0.852 bits per heavy atom. The fraction of sp³-hybridized carbons (Fsp3) is 0.231. The van der Waals surface area contributed by atoms with Gasteiger partial charge >= 0.3 is 165 Å². The van der Waals surface area contributed by atoms with Crippen molar-refractivity contribution in [2.24, 2.45) is 0 Å². The van der Waals surface area contributed by atoms with Crippen molar-refractivity contribution in [3.05, 3.63) is 72.8 Å². The third kappa shape index (κ3) is 2.23. The maximum atomic E-state index is 2.55. The Bertz CT molecular complexity index is 1090. The molecule has 0 fully saturated rings. The summed E-state index contributed by atoms with van der Waals surface area (Å²) in [4.78, 5) is 0. The Labute approximate surface area is 164 Å². The minimum atomic E-state index is -2.53. The number of fused-ring (bicyclic) bond motifs is 5. The first-order valence-corrected chi connectivity index (χ1v) is 14.6. The molecule has 0 amide bonds. The van der Waals surface area contributed by atoms with Gasteiger partial charge in [0.1, 0.15) is 0 Å². The second kappa shape index (κ2) is 5.97. The van der Waals surface area contributed by atoms with Crippen LogP contribution in [0, 0.1) is 0 Å². The summed E-state index contributed by atoms with van der Waals surface area (Å²) in [6.45, 7) is 9.90. The summed E-state index contributed by atoms with van der Waals surface area (Å²) in [5, 5.41) is 5.51. The van der Waals surface area contributed by atoms with Crippen LogP contribution in [0.4, 0.5) is 0 Å². The zero-order valence-electron chi connectivity index (χ0n) is 16.6. The monoisotopic (exact) mass is 412 g/mol. The van der Waals surface area contributed by atoms with Crippen LogP contribution in [0.15, 0.2) is 72.8 Å². The molecule has 0 saturated heterocycles. The number of rotatable bonds is 2. The molecule has 134 valence electrons. The molecule has 0 atom stereocenters. The summed E-state index contributed by atoms with van der Waals surface area (Å²) >= 11 is -2.53. The molecule has 1 heterocycles. The van der Waals surface area contributed by atoms with Crippen LogP contribution >= 0.6 is 0 Å². The fourth-order valence-corrected chi connectivity index (χ4v) is 18.7. The molecule has 0 radical (unpaired) electrons. The zero-order chi connectivity index (χ0) is 18.8. The first kappa shape index (κ1) is 17.1. The molecule has 0 N–H and O–H groups in total. The first-order chi connectivity index (χ1) is 13.0. The van der Waals surface area contributed by atoms with E-state index in [2.05, 4.69) is 100 Å². The van der Waals surface area contributed by atoms with E-state index in [1.54, 1.807) is 8.79 Å². The summed E-state index contributed by atoms with van der Waals surface area (Å²) in [6, 6.07) is 27.8. The molecule has 0 aromatic heterocycles. The van der Waals surface area contributed by atoms with E-state index in [0.717, 1.165) is 0 Å². The predicted octanol–water partition coefficient (Wildman–Crippen LogP) is 6.36. The molecular formula is C26H26Ge. The fourth-order valence-electron chi connectivity index (χ4n) is 5.67. The average Bonchev–Trinajstić information content (AvgIpc) is 2.94. The molecule has 4 aromatic carbocycles. The van der Waals surface area contributed by atoms with Crippen molar-refractivity contribution in [1.82, 2.24) is 0 Å². The number of hydrogen-bond acceptors (Lipinski definition) is 0. The second-order valence-corrected chi connectivity index (χ2v) is 19.4. The maximum absolute atomic E-state index is 2.55. The van der Waals surface area contributed by atoms with Crippen LogP contribution in [0.3, 0.4) is 0 Å². The molecule has 0 bridgehead atoms. The second-order valence-electron chi connectivity index (χ2n) is 8.67. The Morgan fingerprint density at radius 3 is 1.19 bits per heavy atom. The Hall–Kier alpha value is -2.06. The van der Waals surface area contributed by atoms with Crippen molar-refractivity contribution in [3.63, 3.8) is 0 Å². The van der Waals surface area contributed by atoms with Gasteiger partial charge in [-0.2, -0.15) is 0 Å². The van der Waals surface area contributed by atoms with Gasteiger partial charge in [-0.05, 0) is 0 Å². The Balaban J connectivity index is 1.97. The molecule has 1 aliphatic rings. The van der Waals surface area contributed by atoms with E-state index >= 15 is 0 Å². The molecule has 27 heavy (non-hydrogen) atoms. The van der Waals surface area contributed by atoms with Crippen LogP contribution < -0.4 is 8.79 Å². The third-order valence-corrected chi connectivity index (χ3v) is 19.9. The van der Waals surface area contributed by atoms with Crippen LogP contribution in [-0.4, -0.2) is 13.3 Å². The van der Waals surface area contributed by atoms with Gasteiger partial charge < -0.3 is 0 Å². The van der Waals surface area contributed by atoms with E-state index in [1.807, 2.05) is 0 Å². The summed E-state index contributed by atoms with van der Waals surface area (Å²) in [7, 11) is 0. The van der Waals surface area contributed by atoms with Gasteiger partial charge in [-0.15, -0.1) is 0 Å². The normalized spacial score (nSPS) is 14.9. The topological polar surface area (TPSA) is 0 Å². The molecule has 1 aliphatic heterocycles. The number of hydrogen-bond donors (Lipinski definition) is 0. The molecule has 0 spiro atoms. The molecular weight excluding hydrogens is 385 g/mol. The van der Waals surface area contributed by atoms with Crippen molar-refractivity contribution in [1.29, 1.82) is 0 Å². The molecule has 0 nitrogen and oxygen atoms in total. The van der Waals surface area contributed by atoms with E-state index in [0.29, 0.717) is 9.50 Å². The summed E-state index contributed by atoms with van der Waals surface area (Å²) < 4.78 is 4.83. The van der Waals surface area contributed by atoms with E-state index in [9.17, 15) is 0 Å². The van der Waals surface area contributed by atoms with Crippen molar-refractivity contribution in [2.75, 3.05) is 0 Å². The molecule has 4 aromatic rings. The molecule has 0 saturated carbocycles. The summed E-state index contributed by atoms with van der Waals surface area (Å²) in [5.41, 5.74) is 3.02. The quantitative estimate of drug-likeness (QED) is 0.337. The zero-order valence-corrected chi connectivity index (χ0v) is 18.7. The van der Waals surface area contributed by atoms with E-state index in [4.69, 9.17) is 0 Å². The number of benzene rings is 4. The van der Waals surface area contributed by atoms with Crippen LogP contribution in [0.5, 0.6) is 0 Å². The van der Waals surface area contributed by atoms with Gasteiger partial charge in [0.25, 0.3) is 0 Å². The van der Waals surface area contributed by atoms with Crippen LogP contribution in [0.2, 0.25) is 9.50 Å². The Morgan fingerprint density at radius 1 is 0.519 bits per heavy atom. The van der Waals surface area contributed by atoms with E-state index in [-0.39, 0.29) is 0 Å². The van der Waals surface area contributed by atoms with Gasteiger partial charge in [0.2, 0.25) is 0 Å². The van der Waals surface area contributed by atoms with Gasteiger partial charge in [0, 0.05) is 0 Å². The molecule has 5 rings (SSSR count). The van der Waals surface area contributed by atoms with Crippen molar-refractivity contribution >= 4 is 43.6 Å². The first-order valence-electron chi connectivity index (χ1n) is 10.1.